The zero-order valence-corrected chi connectivity index (χ0v) is 12.2. The monoisotopic (exact) mass is 293 g/mol. The van der Waals surface area contributed by atoms with Crippen molar-refractivity contribution in [2.45, 2.75) is 33.2 Å². The number of hydrogen-bond donors (Lipinski definition) is 4. The zero-order chi connectivity index (χ0) is 16.0. The van der Waals surface area contributed by atoms with Gasteiger partial charge in [0.1, 0.15) is 11.5 Å². The summed E-state index contributed by atoms with van der Waals surface area (Å²) in [5, 5.41) is 25.2. The molecule has 0 aliphatic heterocycles. The van der Waals surface area contributed by atoms with Crippen LogP contribution in [0.5, 0.6) is 11.5 Å². The SMILES string of the molecule is C/C(CC(=O)NC(C)C)=N/NC(=O)c1ccc(O)cc1O. The third kappa shape index (κ3) is 5.52. The summed E-state index contributed by atoms with van der Waals surface area (Å²) >= 11 is 0. The van der Waals surface area contributed by atoms with Gasteiger partial charge in [0.15, 0.2) is 0 Å². The van der Waals surface area contributed by atoms with Gasteiger partial charge in [-0.05, 0) is 32.9 Å². The fourth-order valence-corrected chi connectivity index (χ4v) is 1.56. The van der Waals surface area contributed by atoms with Crippen LogP contribution in [0.3, 0.4) is 0 Å². The summed E-state index contributed by atoms with van der Waals surface area (Å²) < 4.78 is 0. The second-order valence-corrected chi connectivity index (χ2v) is 4.89. The first-order chi connectivity index (χ1) is 9.79. The minimum atomic E-state index is -0.629. The molecule has 1 rings (SSSR count). The topological polar surface area (TPSA) is 111 Å². The van der Waals surface area contributed by atoms with Crippen LogP contribution in [0, 0.1) is 0 Å². The predicted molar refractivity (Wildman–Crippen MR) is 78.2 cm³/mol. The van der Waals surface area contributed by atoms with Crippen LogP contribution in [0.15, 0.2) is 23.3 Å². The number of hydrogen-bond acceptors (Lipinski definition) is 5. The normalized spacial score (nSPS) is 11.3. The largest absolute Gasteiger partial charge is 0.508 e. The van der Waals surface area contributed by atoms with E-state index in [-0.39, 0.29) is 35.4 Å². The minimum absolute atomic E-state index is 0.0176. The Morgan fingerprint density at radius 2 is 1.95 bits per heavy atom. The molecule has 4 N–H and O–H groups in total. The third-order valence-corrected chi connectivity index (χ3v) is 2.44. The summed E-state index contributed by atoms with van der Waals surface area (Å²) in [6.07, 6.45) is 0.0695. The van der Waals surface area contributed by atoms with E-state index in [9.17, 15) is 14.7 Å². The molecule has 1 aromatic carbocycles. The van der Waals surface area contributed by atoms with Gasteiger partial charge in [-0.1, -0.05) is 0 Å². The first-order valence-electron chi connectivity index (χ1n) is 6.44. The molecule has 7 nitrogen and oxygen atoms in total. The molecule has 2 amide bonds. The maximum atomic E-state index is 11.8. The number of amides is 2. The van der Waals surface area contributed by atoms with Crippen molar-refractivity contribution in [1.82, 2.24) is 10.7 Å². The molecule has 0 bridgehead atoms. The summed E-state index contributed by atoms with van der Waals surface area (Å²) in [6, 6.07) is 3.65. The van der Waals surface area contributed by atoms with E-state index in [1.54, 1.807) is 6.92 Å². The van der Waals surface area contributed by atoms with Gasteiger partial charge in [0.05, 0.1) is 12.0 Å². The summed E-state index contributed by atoms with van der Waals surface area (Å²) in [5.41, 5.74) is 2.66. The van der Waals surface area contributed by atoms with Gasteiger partial charge in [0, 0.05) is 17.8 Å². The molecule has 0 aliphatic rings. The summed E-state index contributed by atoms with van der Waals surface area (Å²) in [7, 11) is 0. The number of benzene rings is 1. The zero-order valence-electron chi connectivity index (χ0n) is 12.2. The van der Waals surface area contributed by atoms with E-state index in [1.165, 1.54) is 12.1 Å². The standard InChI is InChI=1S/C14H19N3O4/c1-8(2)15-13(20)6-9(3)16-17-14(21)11-5-4-10(18)7-12(11)19/h4-5,7-8,18-19H,6H2,1-3H3,(H,15,20)(H,17,21)/b16-9-. The van der Waals surface area contributed by atoms with Crippen molar-refractivity contribution in [2.24, 2.45) is 5.10 Å². The predicted octanol–water partition coefficient (Wildman–Crippen LogP) is 1.12. The van der Waals surface area contributed by atoms with Crippen molar-refractivity contribution in [1.29, 1.82) is 0 Å². The number of nitrogens with one attached hydrogen (secondary N) is 2. The first-order valence-corrected chi connectivity index (χ1v) is 6.44. The van der Waals surface area contributed by atoms with Gasteiger partial charge in [-0.15, -0.1) is 0 Å². The van der Waals surface area contributed by atoms with Crippen molar-refractivity contribution in [3.63, 3.8) is 0 Å². The lowest BCUT2D eigenvalue weighted by atomic mass is 10.2. The minimum Gasteiger partial charge on any atom is -0.508 e. The highest BCUT2D eigenvalue weighted by Gasteiger charge is 2.11. The van der Waals surface area contributed by atoms with Crippen molar-refractivity contribution in [3.8, 4) is 11.5 Å². The Labute approximate surface area is 122 Å². The Morgan fingerprint density at radius 3 is 2.52 bits per heavy atom. The molecule has 21 heavy (non-hydrogen) atoms. The van der Waals surface area contributed by atoms with Crippen LogP contribution < -0.4 is 10.7 Å². The first kappa shape index (κ1) is 16.5. The van der Waals surface area contributed by atoms with Crippen LogP contribution in [-0.4, -0.2) is 33.8 Å². The molecule has 0 aliphatic carbocycles. The lowest BCUT2D eigenvalue weighted by molar-refractivity contribution is -0.120. The van der Waals surface area contributed by atoms with Gasteiger partial charge in [-0.3, -0.25) is 9.59 Å². The fourth-order valence-electron chi connectivity index (χ4n) is 1.56. The van der Waals surface area contributed by atoms with Gasteiger partial charge in [0.2, 0.25) is 5.91 Å². The second-order valence-electron chi connectivity index (χ2n) is 4.89. The number of rotatable bonds is 5. The van der Waals surface area contributed by atoms with Crippen molar-refractivity contribution in [3.05, 3.63) is 23.8 Å². The van der Waals surface area contributed by atoms with E-state index in [4.69, 9.17) is 5.11 Å². The lowest BCUT2D eigenvalue weighted by Crippen LogP contribution is -2.31. The molecule has 7 heteroatoms. The van der Waals surface area contributed by atoms with E-state index in [1.807, 2.05) is 13.8 Å². The van der Waals surface area contributed by atoms with E-state index >= 15 is 0 Å². The van der Waals surface area contributed by atoms with E-state index in [0.717, 1.165) is 6.07 Å². The molecule has 0 saturated heterocycles. The number of carbonyl (C=O) groups excluding carboxylic acids is 2. The van der Waals surface area contributed by atoms with Gasteiger partial charge in [-0.2, -0.15) is 5.10 Å². The number of carbonyl (C=O) groups is 2. The van der Waals surface area contributed by atoms with Crippen molar-refractivity contribution >= 4 is 17.5 Å². The molecule has 0 atom stereocenters. The average Bonchev–Trinajstić information content (AvgIpc) is 2.34. The highest BCUT2D eigenvalue weighted by atomic mass is 16.3. The van der Waals surface area contributed by atoms with Crippen LogP contribution in [0.25, 0.3) is 0 Å². The third-order valence-electron chi connectivity index (χ3n) is 2.44. The van der Waals surface area contributed by atoms with Gasteiger partial charge >= 0.3 is 0 Å². The van der Waals surface area contributed by atoms with Crippen LogP contribution >= 0.6 is 0 Å². The highest BCUT2D eigenvalue weighted by Crippen LogP contribution is 2.22. The molecule has 114 valence electrons. The average molecular weight is 293 g/mol. The van der Waals surface area contributed by atoms with Crippen LogP contribution in [-0.2, 0) is 4.79 Å². The smallest absolute Gasteiger partial charge is 0.275 e. The Kier molecular flexibility index (Phi) is 5.71. The van der Waals surface area contributed by atoms with E-state index in [0.29, 0.717) is 5.71 Å². The van der Waals surface area contributed by atoms with Crippen molar-refractivity contribution < 1.29 is 19.8 Å². The van der Waals surface area contributed by atoms with E-state index in [2.05, 4.69) is 15.8 Å². The van der Waals surface area contributed by atoms with E-state index < -0.39 is 5.91 Å². The Balaban J connectivity index is 2.62. The number of phenols is 2. The maximum absolute atomic E-state index is 11.8. The van der Waals surface area contributed by atoms with Gasteiger partial charge < -0.3 is 15.5 Å². The fraction of sp³-hybridized carbons (Fsp3) is 0.357. The molecule has 0 aromatic heterocycles. The number of phenolic OH excluding ortho intramolecular Hbond substituents is 2. The molecule has 1 aromatic rings. The summed E-state index contributed by atoms with van der Waals surface area (Å²) in [6.45, 7) is 5.30. The molecule has 0 spiro atoms. The van der Waals surface area contributed by atoms with Crippen LogP contribution in [0.4, 0.5) is 0 Å². The van der Waals surface area contributed by atoms with Gasteiger partial charge in [0.25, 0.3) is 5.91 Å². The molecule has 0 saturated carbocycles. The molecule has 0 heterocycles. The number of aromatic hydroxyl groups is 2. The van der Waals surface area contributed by atoms with Gasteiger partial charge in [-0.25, -0.2) is 5.43 Å². The van der Waals surface area contributed by atoms with Crippen molar-refractivity contribution in [2.75, 3.05) is 0 Å². The second kappa shape index (κ2) is 7.28. The lowest BCUT2D eigenvalue weighted by Gasteiger charge is -2.08. The molecule has 0 radical (unpaired) electrons. The molecular weight excluding hydrogens is 274 g/mol. The van der Waals surface area contributed by atoms with Crippen LogP contribution in [0.2, 0.25) is 0 Å². The molecule has 0 unspecified atom stereocenters. The Bertz CT molecular complexity index is 567. The quantitative estimate of drug-likeness (QED) is 0.481. The van der Waals surface area contributed by atoms with Crippen LogP contribution in [0.1, 0.15) is 37.6 Å². The summed E-state index contributed by atoms with van der Waals surface area (Å²) in [5.74, 6) is -1.31. The summed E-state index contributed by atoms with van der Waals surface area (Å²) in [4.78, 5) is 23.3. The maximum Gasteiger partial charge on any atom is 0.275 e. The number of nitrogens with zero attached hydrogens (tertiary/aromatic N) is 1. The highest BCUT2D eigenvalue weighted by molar-refractivity contribution is 6.01. The Morgan fingerprint density at radius 1 is 1.29 bits per heavy atom. The molecular formula is C14H19N3O4. The Hall–Kier alpha value is -2.57. The number of hydrazone groups is 1. The molecule has 0 fully saturated rings.